The van der Waals surface area contributed by atoms with Crippen LogP contribution < -0.4 is 0 Å². The largest absolute Gasteiger partial charge is 0.359 e. The smallest absolute Gasteiger partial charge is 0.169 e. The van der Waals surface area contributed by atoms with Crippen LogP contribution in [0.2, 0.25) is 0 Å². The maximum absolute atomic E-state index is 14.1. The van der Waals surface area contributed by atoms with Crippen LogP contribution in [0, 0.1) is 29.4 Å². The Morgan fingerprint density at radius 2 is 1.82 bits per heavy atom. The molecule has 3 aromatic rings. The molecule has 0 radical (unpaired) electrons. The van der Waals surface area contributed by atoms with Gasteiger partial charge in [-0.25, -0.2) is 18.7 Å². The molecule has 0 unspecified atom stereocenters. The SMILES string of the molecule is Fc1cccc(-c2nc3cnn(Cc4cc(-c5ccc(C#CC6CC6)cc5)no4)cc-3n2)c1F. The first-order valence-electron chi connectivity index (χ1n) is 10.8. The third-order valence-corrected chi connectivity index (χ3v) is 5.56. The van der Waals surface area contributed by atoms with Gasteiger partial charge in [0, 0.05) is 23.1 Å². The van der Waals surface area contributed by atoms with Gasteiger partial charge in [-0.2, -0.15) is 5.10 Å². The van der Waals surface area contributed by atoms with E-state index in [1.165, 1.54) is 31.2 Å². The van der Waals surface area contributed by atoms with Crippen LogP contribution in [-0.2, 0) is 6.54 Å². The molecule has 1 aromatic heterocycles. The lowest BCUT2D eigenvalue weighted by molar-refractivity contribution is 0.372. The van der Waals surface area contributed by atoms with E-state index in [0.717, 1.165) is 22.9 Å². The van der Waals surface area contributed by atoms with Gasteiger partial charge in [0.15, 0.2) is 23.2 Å². The van der Waals surface area contributed by atoms with Crippen molar-refractivity contribution in [3.8, 4) is 45.9 Å². The van der Waals surface area contributed by atoms with Crippen molar-refractivity contribution in [2.24, 2.45) is 5.92 Å². The van der Waals surface area contributed by atoms with Gasteiger partial charge in [-0.05, 0) is 37.1 Å². The number of aromatic nitrogens is 5. The van der Waals surface area contributed by atoms with Crippen LogP contribution in [-0.4, -0.2) is 24.9 Å². The Morgan fingerprint density at radius 3 is 2.65 bits per heavy atom. The molecule has 3 heterocycles. The Morgan fingerprint density at radius 1 is 1.00 bits per heavy atom. The van der Waals surface area contributed by atoms with Gasteiger partial charge in [0.25, 0.3) is 0 Å². The van der Waals surface area contributed by atoms with Crippen molar-refractivity contribution in [3.05, 3.63) is 83.9 Å². The second-order valence-corrected chi connectivity index (χ2v) is 8.19. The zero-order chi connectivity index (χ0) is 23.1. The summed E-state index contributed by atoms with van der Waals surface area (Å²) in [5.41, 5.74) is 3.64. The second-order valence-electron chi connectivity index (χ2n) is 8.19. The molecule has 2 aliphatic heterocycles. The van der Waals surface area contributed by atoms with E-state index in [-0.39, 0.29) is 11.4 Å². The van der Waals surface area contributed by atoms with Crippen molar-refractivity contribution in [2.75, 3.05) is 0 Å². The van der Waals surface area contributed by atoms with Gasteiger partial charge in [0.05, 0.1) is 18.0 Å². The molecule has 0 saturated heterocycles. The minimum atomic E-state index is -0.976. The molecule has 1 fully saturated rings. The third kappa shape index (κ3) is 4.04. The Balaban J connectivity index is 1.20. The van der Waals surface area contributed by atoms with Crippen molar-refractivity contribution in [2.45, 2.75) is 19.4 Å². The normalized spacial score (nSPS) is 13.1. The average Bonchev–Trinajstić information content (AvgIpc) is 3.40. The number of imidazole rings is 1. The van der Waals surface area contributed by atoms with Crippen molar-refractivity contribution < 1.29 is 13.3 Å². The van der Waals surface area contributed by atoms with Gasteiger partial charge in [-0.1, -0.05) is 35.2 Å². The van der Waals surface area contributed by atoms with Crippen molar-refractivity contribution >= 4 is 0 Å². The first-order chi connectivity index (χ1) is 16.6. The summed E-state index contributed by atoms with van der Waals surface area (Å²) in [5, 5.41) is 8.49. The molecule has 0 N–H and O–H groups in total. The van der Waals surface area contributed by atoms with Crippen LogP contribution in [0.25, 0.3) is 34.0 Å². The number of hydrogen-bond acceptors (Lipinski definition) is 5. The van der Waals surface area contributed by atoms with Crippen LogP contribution >= 0.6 is 0 Å². The number of fused-ring (bicyclic) bond motifs is 1. The van der Waals surface area contributed by atoms with Gasteiger partial charge in [-0.15, -0.1) is 0 Å². The number of rotatable bonds is 4. The average molecular weight is 453 g/mol. The summed E-state index contributed by atoms with van der Waals surface area (Å²) in [4.78, 5) is 8.61. The summed E-state index contributed by atoms with van der Waals surface area (Å²) in [6.07, 6.45) is 5.62. The highest BCUT2D eigenvalue weighted by Gasteiger charge is 2.19. The summed E-state index contributed by atoms with van der Waals surface area (Å²) < 4.78 is 34.8. The number of hydrogen-bond donors (Lipinski definition) is 0. The molecule has 0 atom stereocenters. The summed E-state index contributed by atoms with van der Waals surface area (Å²) in [6, 6.07) is 13.7. The molecule has 1 aliphatic carbocycles. The molecule has 6 nitrogen and oxygen atoms in total. The Kier molecular flexibility index (Phi) is 4.88. The fourth-order valence-corrected chi connectivity index (χ4v) is 3.57. The highest BCUT2D eigenvalue weighted by molar-refractivity contribution is 5.65. The molecule has 2 aromatic carbocycles. The van der Waals surface area contributed by atoms with E-state index in [1.54, 1.807) is 10.9 Å². The molecule has 34 heavy (non-hydrogen) atoms. The predicted octanol–water partition coefficient (Wildman–Crippen LogP) is 5.19. The van der Waals surface area contributed by atoms with E-state index in [4.69, 9.17) is 4.52 Å². The second kappa shape index (κ2) is 8.19. The third-order valence-electron chi connectivity index (χ3n) is 5.56. The zero-order valence-corrected chi connectivity index (χ0v) is 17.9. The summed E-state index contributed by atoms with van der Waals surface area (Å²) in [5.74, 6) is 5.82. The van der Waals surface area contributed by atoms with E-state index in [9.17, 15) is 8.78 Å². The van der Waals surface area contributed by atoms with Crippen molar-refractivity contribution in [1.29, 1.82) is 0 Å². The molecule has 8 heteroatoms. The lowest BCUT2D eigenvalue weighted by Crippen LogP contribution is -2.04. The Hall–Kier alpha value is -4.38. The summed E-state index contributed by atoms with van der Waals surface area (Å²) >= 11 is 0. The van der Waals surface area contributed by atoms with Gasteiger partial charge in [-0.3, -0.25) is 4.68 Å². The minimum absolute atomic E-state index is 0.00663. The molecule has 3 aliphatic rings. The van der Waals surface area contributed by atoms with Crippen LogP contribution in [0.3, 0.4) is 0 Å². The molecule has 0 amide bonds. The van der Waals surface area contributed by atoms with E-state index < -0.39 is 11.6 Å². The maximum Gasteiger partial charge on any atom is 0.169 e. The van der Waals surface area contributed by atoms with Crippen molar-refractivity contribution in [3.63, 3.8) is 0 Å². The summed E-state index contributed by atoms with van der Waals surface area (Å²) in [7, 11) is 0. The molecule has 0 spiro atoms. The van der Waals surface area contributed by atoms with E-state index in [2.05, 4.69) is 32.1 Å². The first kappa shape index (κ1) is 20.2. The number of benzene rings is 2. The fourth-order valence-electron chi connectivity index (χ4n) is 3.57. The quantitative estimate of drug-likeness (QED) is 0.351. The lowest BCUT2D eigenvalue weighted by Gasteiger charge is -2.03. The maximum atomic E-state index is 14.1. The zero-order valence-electron chi connectivity index (χ0n) is 17.9. The monoisotopic (exact) mass is 453 g/mol. The van der Waals surface area contributed by atoms with Gasteiger partial charge >= 0.3 is 0 Å². The van der Waals surface area contributed by atoms with E-state index in [1.807, 2.05) is 30.3 Å². The highest BCUT2D eigenvalue weighted by atomic mass is 19.2. The molecular weight excluding hydrogens is 436 g/mol. The standard InChI is InChI=1S/C26H17F2N5O/c27-21-3-1-2-20(25(21)28)26-30-23-13-29-33(15-24(23)31-26)14-19-12-22(32-34-19)18-10-8-17(9-11-18)7-6-16-4-5-16/h1-3,8-13,15-16H,4-5,14H2. The van der Waals surface area contributed by atoms with Gasteiger partial charge in [0.2, 0.25) is 0 Å². The highest BCUT2D eigenvalue weighted by Crippen LogP contribution is 2.28. The predicted molar refractivity (Wildman–Crippen MR) is 120 cm³/mol. The lowest BCUT2D eigenvalue weighted by atomic mass is 10.1. The van der Waals surface area contributed by atoms with Crippen molar-refractivity contribution in [1.82, 2.24) is 24.9 Å². The Bertz CT molecular complexity index is 1520. The van der Waals surface area contributed by atoms with Gasteiger partial charge < -0.3 is 4.52 Å². The van der Waals surface area contributed by atoms with Crippen LogP contribution in [0.4, 0.5) is 8.78 Å². The topological polar surface area (TPSA) is 69.6 Å². The van der Waals surface area contributed by atoms with E-state index in [0.29, 0.717) is 29.6 Å². The molecule has 6 rings (SSSR count). The molecule has 0 bridgehead atoms. The number of halogens is 2. The molecule has 1 saturated carbocycles. The van der Waals surface area contributed by atoms with Gasteiger partial charge in [0.1, 0.15) is 23.6 Å². The Labute approximate surface area is 193 Å². The van der Waals surface area contributed by atoms with Crippen LogP contribution in [0.5, 0.6) is 0 Å². The van der Waals surface area contributed by atoms with E-state index >= 15 is 0 Å². The molecular formula is C26H17F2N5O. The van der Waals surface area contributed by atoms with Crippen LogP contribution in [0.1, 0.15) is 24.2 Å². The first-order valence-corrected chi connectivity index (χ1v) is 10.8. The minimum Gasteiger partial charge on any atom is -0.359 e. The van der Waals surface area contributed by atoms with Crippen LogP contribution in [0.15, 0.2) is 65.4 Å². The number of nitrogens with zero attached hydrogens (tertiary/aromatic N) is 5. The molecule has 166 valence electrons. The fraction of sp³-hybridized carbons (Fsp3) is 0.154. The summed E-state index contributed by atoms with van der Waals surface area (Å²) in [6.45, 7) is 0.324.